The topological polar surface area (TPSA) is 106 Å². The van der Waals surface area contributed by atoms with Crippen LogP contribution in [0.15, 0.2) is 24.3 Å². The molecule has 0 spiro atoms. The summed E-state index contributed by atoms with van der Waals surface area (Å²) in [5, 5.41) is 8.81. The molecule has 90 valence electrons. The number of hydrogen-bond donors (Lipinski definition) is 1. The first-order valence-corrected chi connectivity index (χ1v) is 4.73. The van der Waals surface area contributed by atoms with Crippen molar-refractivity contribution < 1.29 is 25.0 Å². The third kappa shape index (κ3) is 1.78. The minimum Gasteiger partial charge on any atom is -0.480 e. The van der Waals surface area contributed by atoms with Gasteiger partial charge >= 0.3 is 5.97 Å². The number of carbonyl (C=O) groups excluding carboxylic acids is 2. The highest BCUT2D eigenvalue weighted by atomic mass is 16.4. The lowest BCUT2D eigenvalue weighted by molar-refractivity contribution is -0.140. The van der Waals surface area contributed by atoms with E-state index in [2.05, 4.69) is 0 Å². The highest BCUT2D eigenvalue weighted by Crippen LogP contribution is 2.24. The van der Waals surface area contributed by atoms with Gasteiger partial charge in [-0.05, 0) is 19.1 Å². The monoisotopic (exact) mass is 237 g/mol. The van der Waals surface area contributed by atoms with E-state index in [-0.39, 0.29) is 16.6 Å². The molecule has 0 bridgehead atoms. The van der Waals surface area contributed by atoms with Crippen molar-refractivity contribution in [3.63, 3.8) is 0 Å². The van der Waals surface area contributed by atoms with Crippen molar-refractivity contribution in [3.05, 3.63) is 35.4 Å². The number of nitrogens with zero attached hydrogens (tertiary/aromatic N) is 1. The molecule has 1 aliphatic heterocycles. The molecule has 0 aliphatic carbocycles. The molecular weight excluding hydrogens is 226 g/mol. The maximum atomic E-state index is 11.8. The molecule has 1 atom stereocenters. The number of rotatable bonds is 2. The molecular formula is C11H11NO5. The van der Waals surface area contributed by atoms with Gasteiger partial charge in [-0.2, -0.15) is 0 Å². The van der Waals surface area contributed by atoms with Crippen LogP contribution in [0.4, 0.5) is 0 Å². The Labute approximate surface area is 96.8 Å². The average molecular weight is 237 g/mol. The number of benzene rings is 1. The molecule has 0 aromatic heterocycles. The second-order valence-corrected chi connectivity index (χ2v) is 3.54. The number of carboxylic acid groups (broad SMARTS) is 1. The van der Waals surface area contributed by atoms with E-state index < -0.39 is 23.8 Å². The number of hydrogen-bond acceptors (Lipinski definition) is 3. The van der Waals surface area contributed by atoms with Gasteiger partial charge in [0.05, 0.1) is 11.1 Å². The lowest BCUT2D eigenvalue weighted by Crippen LogP contribution is -2.42. The highest BCUT2D eigenvalue weighted by Gasteiger charge is 2.40. The van der Waals surface area contributed by atoms with Crippen LogP contribution in [0.2, 0.25) is 0 Å². The summed E-state index contributed by atoms with van der Waals surface area (Å²) in [6, 6.07) is 5.17. The van der Waals surface area contributed by atoms with Gasteiger partial charge < -0.3 is 10.6 Å². The largest absolute Gasteiger partial charge is 0.480 e. The fourth-order valence-electron chi connectivity index (χ4n) is 1.67. The Kier molecular flexibility index (Phi) is 3.28. The van der Waals surface area contributed by atoms with Crippen LogP contribution < -0.4 is 0 Å². The SMILES string of the molecule is CC(C(=O)O)N1C(=O)c2ccccc2C1=O.O. The van der Waals surface area contributed by atoms with E-state index in [1.165, 1.54) is 19.1 Å². The molecule has 1 aromatic rings. The van der Waals surface area contributed by atoms with Crippen LogP contribution in [0.5, 0.6) is 0 Å². The quantitative estimate of drug-likeness (QED) is 0.726. The smallest absolute Gasteiger partial charge is 0.326 e. The van der Waals surface area contributed by atoms with Gasteiger partial charge in [0.15, 0.2) is 0 Å². The van der Waals surface area contributed by atoms with E-state index in [1.54, 1.807) is 12.1 Å². The van der Waals surface area contributed by atoms with Crippen LogP contribution in [-0.4, -0.2) is 39.3 Å². The average Bonchev–Trinajstić information content (AvgIpc) is 2.52. The second kappa shape index (κ2) is 4.34. The maximum Gasteiger partial charge on any atom is 0.326 e. The van der Waals surface area contributed by atoms with Crippen molar-refractivity contribution in [2.75, 3.05) is 0 Å². The molecule has 2 amide bonds. The van der Waals surface area contributed by atoms with Crippen LogP contribution in [0, 0.1) is 0 Å². The third-order valence-electron chi connectivity index (χ3n) is 2.57. The predicted octanol–water partition coefficient (Wildman–Crippen LogP) is -0.0690. The lowest BCUT2D eigenvalue weighted by atomic mass is 10.1. The maximum absolute atomic E-state index is 11.8. The fraction of sp³-hybridized carbons (Fsp3) is 0.182. The van der Waals surface area contributed by atoms with Gasteiger partial charge in [0.2, 0.25) is 0 Å². The normalized spacial score (nSPS) is 15.2. The first-order valence-electron chi connectivity index (χ1n) is 4.73. The molecule has 2 rings (SSSR count). The number of carbonyl (C=O) groups is 3. The highest BCUT2D eigenvalue weighted by molar-refractivity contribution is 6.22. The summed E-state index contributed by atoms with van der Waals surface area (Å²) in [6.07, 6.45) is 0. The van der Waals surface area contributed by atoms with Gasteiger partial charge in [0.1, 0.15) is 6.04 Å². The van der Waals surface area contributed by atoms with Crippen molar-refractivity contribution in [2.24, 2.45) is 0 Å². The summed E-state index contributed by atoms with van der Waals surface area (Å²) in [5.41, 5.74) is 0.529. The molecule has 1 aliphatic rings. The van der Waals surface area contributed by atoms with Gasteiger partial charge in [0.25, 0.3) is 11.8 Å². The minimum absolute atomic E-state index is 0. The first kappa shape index (κ1) is 12.9. The summed E-state index contributed by atoms with van der Waals surface area (Å²) >= 11 is 0. The van der Waals surface area contributed by atoms with Crippen LogP contribution >= 0.6 is 0 Å². The summed E-state index contributed by atoms with van der Waals surface area (Å²) in [7, 11) is 0. The van der Waals surface area contributed by atoms with E-state index in [0.29, 0.717) is 0 Å². The number of aliphatic carboxylic acids is 1. The molecule has 3 N–H and O–H groups in total. The fourth-order valence-corrected chi connectivity index (χ4v) is 1.67. The molecule has 6 heteroatoms. The molecule has 1 heterocycles. The zero-order valence-corrected chi connectivity index (χ0v) is 9.01. The Morgan fingerprint density at radius 1 is 1.18 bits per heavy atom. The second-order valence-electron chi connectivity index (χ2n) is 3.54. The van der Waals surface area contributed by atoms with E-state index in [4.69, 9.17) is 5.11 Å². The van der Waals surface area contributed by atoms with Gasteiger partial charge in [-0.1, -0.05) is 12.1 Å². The lowest BCUT2D eigenvalue weighted by Gasteiger charge is -2.17. The Morgan fingerprint density at radius 3 is 1.94 bits per heavy atom. The summed E-state index contributed by atoms with van der Waals surface area (Å²) in [4.78, 5) is 35.1. The molecule has 6 nitrogen and oxygen atoms in total. The predicted molar refractivity (Wildman–Crippen MR) is 57.7 cm³/mol. The summed E-state index contributed by atoms with van der Waals surface area (Å²) in [6.45, 7) is 1.31. The molecule has 0 saturated heterocycles. The zero-order chi connectivity index (χ0) is 11.9. The van der Waals surface area contributed by atoms with Gasteiger partial charge in [-0.25, -0.2) is 4.79 Å². The van der Waals surface area contributed by atoms with E-state index in [9.17, 15) is 14.4 Å². The summed E-state index contributed by atoms with van der Waals surface area (Å²) in [5.74, 6) is -2.29. The van der Waals surface area contributed by atoms with Crippen LogP contribution in [0.3, 0.4) is 0 Å². The molecule has 0 saturated carbocycles. The summed E-state index contributed by atoms with van der Waals surface area (Å²) < 4.78 is 0. The Hall–Kier alpha value is -2.21. The van der Waals surface area contributed by atoms with Crippen molar-refractivity contribution in [3.8, 4) is 0 Å². The molecule has 0 radical (unpaired) electrons. The van der Waals surface area contributed by atoms with Crippen LogP contribution in [0.25, 0.3) is 0 Å². The number of fused-ring (bicyclic) bond motifs is 1. The molecule has 17 heavy (non-hydrogen) atoms. The number of amides is 2. The van der Waals surface area contributed by atoms with E-state index in [0.717, 1.165) is 4.90 Å². The van der Waals surface area contributed by atoms with Crippen molar-refractivity contribution in [1.82, 2.24) is 4.90 Å². The van der Waals surface area contributed by atoms with Gasteiger partial charge in [0, 0.05) is 0 Å². The van der Waals surface area contributed by atoms with E-state index in [1.807, 2.05) is 0 Å². The first-order chi connectivity index (χ1) is 7.54. The third-order valence-corrected chi connectivity index (χ3v) is 2.57. The van der Waals surface area contributed by atoms with Crippen LogP contribution in [0.1, 0.15) is 27.6 Å². The Morgan fingerprint density at radius 2 is 1.59 bits per heavy atom. The van der Waals surface area contributed by atoms with Crippen molar-refractivity contribution in [2.45, 2.75) is 13.0 Å². The van der Waals surface area contributed by atoms with Crippen molar-refractivity contribution >= 4 is 17.8 Å². The minimum atomic E-state index is -1.20. The van der Waals surface area contributed by atoms with Gasteiger partial charge in [-0.3, -0.25) is 14.5 Å². The van der Waals surface area contributed by atoms with E-state index >= 15 is 0 Å². The molecule has 1 unspecified atom stereocenters. The van der Waals surface area contributed by atoms with Crippen molar-refractivity contribution in [1.29, 1.82) is 0 Å². The standard InChI is InChI=1S/C11H9NO4.H2O/c1-6(11(15)16)12-9(13)7-4-2-3-5-8(7)10(12)14;/h2-6H,1H3,(H,15,16);1H2. The Bertz CT molecular complexity index is 461. The zero-order valence-electron chi connectivity index (χ0n) is 9.01. The van der Waals surface area contributed by atoms with Gasteiger partial charge in [-0.15, -0.1) is 0 Å². The van der Waals surface area contributed by atoms with Crippen LogP contribution in [-0.2, 0) is 4.79 Å². The molecule has 0 fully saturated rings. The Balaban J connectivity index is 0.00000144. The number of imide groups is 1. The molecule has 1 aromatic carbocycles. The number of carboxylic acids is 1.